The first-order chi connectivity index (χ1) is 23.0. The first-order valence-electron chi connectivity index (χ1n) is 15.8. The van der Waals surface area contributed by atoms with E-state index < -0.39 is 96.0 Å². The Morgan fingerprint density at radius 2 is 1.90 bits per heavy atom. The summed E-state index contributed by atoms with van der Waals surface area (Å²) in [5.41, 5.74) is -3.46. The Morgan fingerprint density at radius 1 is 1.12 bits per heavy atom. The molecule has 2 aromatic carbocycles. The molecule has 0 aromatic heterocycles. The number of morpholine rings is 1. The highest BCUT2D eigenvalue weighted by Crippen LogP contribution is 2.53. The highest BCUT2D eigenvalue weighted by atomic mass is 32.1. The minimum Gasteiger partial charge on any atom is -0.507 e. The molecular formula is C33H37NO13S. The second kappa shape index (κ2) is 12.6. The standard InChI is InChI=1S/C33H37NO13S/c1-14-30-17(34-6-7-43-32(31(34)47-30)44-8-9-48)10-21(45-14)46-19-12-33(41,20(36)13-35)11-16-23(19)29(40)25-24(27(16)38)26(37)15-4-3-5-18(42-2)22(15)28(25)39/h3-5,14,17,19,21,30-32,35,38,40-41,48H,6-13H2,1-2H3/t14-,17-,19-,21-,30+,31+,32+,33-/m0/s1. The summed E-state index contributed by atoms with van der Waals surface area (Å²) in [4.78, 5) is 42.7. The lowest BCUT2D eigenvalue weighted by atomic mass is 9.72. The Bertz CT molecular complexity index is 1670. The molecule has 14 nitrogen and oxygen atoms in total. The van der Waals surface area contributed by atoms with Gasteiger partial charge in [-0.2, -0.15) is 12.6 Å². The van der Waals surface area contributed by atoms with Crippen molar-refractivity contribution in [3.8, 4) is 17.2 Å². The molecule has 5 aliphatic rings. The summed E-state index contributed by atoms with van der Waals surface area (Å²) in [5.74, 6) is -3.12. The summed E-state index contributed by atoms with van der Waals surface area (Å²) in [6.07, 6.45) is -4.93. The van der Waals surface area contributed by atoms with Crippen molar-refractivity contribution in [2.45, 2.75) is 74.9 Å². The van der Waals surface area contributed by atoms with E-state index in [1.54, 1.807) is 0 Å². The molecule has 3 saturated heterocycles. The predicted molar refractivity (Wildman–Crippen MR) is 166 cm³/mol. The molecule has 3 fully saturated rings. The summed E-state index contributed by atoms with van der Waals surface area (Å²) < 4.78 is 36.0. The number of carbonyl (C=O) groups is 3. The van der Waals surface area contributed by atoms with Gasteiger partial charge in [0.2, 0.25) is 5.78 Å². The van der Waals surface area contributed by atoms with Crippen molar-refractivity contribution in [2.75, 3.05) is 39.2 Å². The lowest BCUT2D eigenvalue weighted by molar-refractivity contribution is -0.260. The van der Waals surface area contributed by atoms with E-state index in [0.717, 1.165) is 0 Å². The van der Waals surface area contributed by atoms with Crippen LogP contribution in [0.15, 0.2) is 18.2 Å². The van der Waals surface area contributed by atoms with Gasteiger partial charge in [0.25, 0.3) is 0 Å². The summed E-state index contributed by atoms with van der Waals surface area (Å²) >= 11 is 4.21. The molecule has 0 bridgehead atoms. The van der Waals surface area contributed by atoms with Gasteiger partial charge in [-0.05, 0) is 13.0 Å². The van der Waals surface area contributed by atoms with Gasteiger partial charge in [0.1, 0.15) is 35.6 Å². The largest absolute Gasteiger partial charge is 0.507 e. The van der Waals surface area contributed by atoms with Crippen LogP contribution in [0.5, 0.6) is 17.2 Å². The number of aliphatic hydroxyl groups is 2. The maximum absolute atomic E-state index is 13.9. The van der Waals surface area contributed by atoms with E-state index in [-0.39, 0.29) is 46.6 Å². The smallest absolute Gasteiger partial charge is 0.202 e. The number of phenolic OH excluding ortho intramolecular Hbond substituents is 2. The molecule has 7 rings (SSSR count). The van der Waals surface area contributed by atoms with Gasteiger partial charge in [0, 0.05) is 54.3 Å². The molecule has 0 spiro atoms. The van der Waals surface area contributed by atoms with Gasteiger partial charge in [0.05, 0.1) is 49.2 Å². The molecule has 2 aromatic rings. The first kappa shape index (κ1) is 33.4. The monoisotopic (exact) mass is 687 g/mol. The Labute approximate surface area is 280 Å². The molecule has 2 aliphatic carbocycles. The second-order valence-corrected chi connectivity index (χ2v) is 13.1. The molecule has 0 amide bonds. The summed E-state index contributed by atoms with van der Waals surface area (Å²) in [6, 6.07) is 4.24. The fourth-order valence-corrected chi connectivity index (χ4v) is 7.91. The Balaban J connectivity index is 1.26. The van der Waals surface area contributed by atoms with Crippen molar-refractivity contribution in [3.63, 3.8) is 0 Å². The fourth-order valence-electron chi connectivity index (χ4n) is 7.80. The number of aliphatic hydroxyl groups excluding tert-OH is 1. The number of thiol groups is 1. The molecule has 8 atom stereocenters. The number of nitrogens with zero attached hydrogens (tertiary/aromatic N) is 1. The lowest BCUT2D eigenvalue weighted by Crippen LogP contribution is -2.55. The molecule has 258 valence electrons. The van der Waals surface area contributed by atoms with Crippen molar-refractivity contribution >= 4 is 30.0 Å². The van der Waals surface area contributed by atoms with Crippen LogP contribution >= 0.6 is 12.6 Å². The maximum atomic E-state index is 13.9. The van der Waals surface area contributed by atoms with Crippen LogP contribution in [0.4, 0.5) is 0 Å². The molecular weight excluding hydrogens is 650 g/mol. The van der Waals surface area contributed by atoms with E-state index in [9.17, 15) is 34.8 Å². The third-order valence-corrected chi connectivity index (χ3v) is 10.2. The molecule has 3 aliphatic heterocycles. The van der Waals surface area contributed by atoms with E-state index in [1.165, 1.54) is 25.3 Å². The predicted octanol–water partition coefficient (Wildman–Crippen LogP) is 1.01. The average molecular weight is 688 g/mol. The molecule has 0 unspecified atom stereocenters. The number of ether oxygens (including phenoxy) is 6. The van der Waals surface area contributed by atoms with Gasteiger partial charge in [-0.15, -0.1) is 0 Å². The topological polar surface area (TPSA) is 191 Å². The molecule has 4 N–H and O–H groups in total. The fraction of sp³-hybridized carbons (Fsp3) is 0.545. The number of aromatic hydroxyl groups is 2. The lowest BCUT2D eigenvalue weighted by Gasteiger charge is -2.43. The number of Topliss-reactive ketones (excluding diaryl/α,β-unsaturated/α-hetero) is 1. The van der Waals surface area contributed by atoms with Gasteiger partial charge >= 0.3 is 0 Å². The van der Waals surface area contributed by atoms with E-state index in [4.69, 9.17) is 28.4 Å². The van der Waals surface area contributed by atoms with E-state index in [0.29, 0.717) is 25.5 Å². The van der Waals surface area contributed by atoms with Gasteiger partial charge in [0.15, 0.2) is 30.4 Å². The zero-order valence-corrected chi connectivity index (χ0v) is 27.2. The van der Waals surface area contributed by atoms with Crippen LogP contribution in [0.25, 0.3) is 0 Å². The quantitative estimate of drug-likeness (QED) is 0.167. The molecule has 0 radical (unpaired) electrons. The van der Waals surface area contributed by atoms with Crippen molar-refractivity contribution in [3.05, 3.63) is 51.6 Å². The van der Waals surface area contributed by atoms with Crippen molar-refractivity contribution in [2.24, 2.45) is 0 Å². The minimum atomic E-state index is -2.24. The second-order valence-electron chi connectivity index (χ2n) is 12.6. The summed E-state index contributed by atoms with van der Waals surface area (Å²) in [5, 5.41) is 44.7. The normalized spacial score (nSPS) is 32.6. The Morgan fingerprint density at radius 3 is 2.62 bits per heavy atom. The number of benzene rings is 2. The van der Waals surface area contributed by atoms with Crippen LogP contribution in [-0.4, -0.2) is 125 Å². The van der Waals surface area contributed by atoms with E-state index in [1.807, 2.05) is 6.92 Å². The minimum absolute atomic E-state index is 0.0376. The van der Waals surface area contributed by atoms with E-state index in [2.05, 4.69) is 17.5 Å². The van der Waals surface area contributed by atoms with Gasteiger partial charge < -0.3 is 48.8 Å². The first-order valence-corrected chi connectivity index (χ1v) is 16.5. The molecule has 0 saturated carbocycles. The zero-order chi connectivity index (χ0) is 34.1. The van der Waals surface area contributed by atoms with Crippen LogP contribution < -0.4 is 4.74 Å². The molecule has 15 heteroatoms. The van der Waals surface area contributed by atoms with Crippen LogP contribution in [-0.2, 0) is 34.9 Å². The number of hydrogen-bond donors (Lipinski definition) is 5. The summed E-state index contributed by atoms with van der Waals surface area (Å²) in [7, 11) is 1.34. The highest BCUT2D eigenvalue weighted by molar-refractivity contribution is 7.80. The van der Waals surface area contributed by atoms with Crippen LogP contribution in [0.3, 0.4) is 0 Å². The number of rotatable bonds is 8. The number of hydrogen-bond acceptors (Lipinski definition) is 15. The SMILES string of the molecule is COc1cccc2c1C(=O)c1c(O)c3c(c(O)c1C2=O)C[C@@](O)(C(=O)CO)C[C@@H]3O[C@H]1C[C@H]2[C@H](O[C@@H]3[C@@H](OCCS)OCCN32)[C@H](C)O1. The zero-order valence-electron chi connectivity index (χ0n) is 26.3. The number of carbonyl (C=O) groups excluding carboxylic acids is 3. The maximum Gasteiger partial charge on any atom is 0.202 e. The number of phenols is 2. The third kappa shape index (κ3) is 5.15. The number of ketones is 3. The van der Waals surface area contributed by atoms with Crippen molar-refractivity contribution in [1.82, 2.24) is 4.90 Å². The van der Waals surface area contributed by atoms with Gasteiger partial charge in [-0.3, -0.25) is 19.3 Å². The number of fused-ring (bicyclic) bond motifs is 6. The Hall–Kier alpha value is -3.12. The Kier molecular flexibility index (Phi) is 8.79. The van der Waals surface area contributed by atoms with Crippen LogP contribution in [0, 0.1) is 0 Å². The van der Waals surface area contributed by atoms with Crippen molar-refractivity contribution < 1.29 is 63.2 Å². The highest BCUT2D eigenvalue weighted by Gasteiger charge is 2.55. The van der Waals surface area contributed by atoms with Gasteiger partial charge in [-0.25, -0.2) is 0 Å². The third-order valence-electron chi connectivity index (χ3n) is 9.98. The van der Waals surface area contributed by atoms with Crippen LogP contribution in [0.2, 0.25) is 0 Å². The molecule has 3 heterocycles. The number of methoxy groups -OCH3 is 1. The average Bonchev–Trinajstić information content (AvgIpc) is 3.46. The summed E-state index contributed by atoms with van der Waals surface area (Å²) in [6.45, 7) is 2.16. The van der Waals surface area contributed by atoms with Gasteiger partial charge in [-0.1, -0.05) is 12.1 Å². The molecule has 48 heavy (non-hydrogen) atoms. The van der Waals surface area contributed by atoms with Crippen molar-refractivity contribution in [1.29, 1.82) is 0 Å². The van der Waals surface area contributed by atoms with E-state index >= 15 is 0 Å². The van der Waals surface area contributed by atoms with Crippen LogP contribution in [0.1, 0.15) is 68.8 Å².